The fourth-order valence-electron chi connectivity index (χ4n) is 1.38. The third-order valence-corrected chi connectivity index (χ3v) is 2.65. The number of imidazole rings is 1. The van der Waals surface area contributed by atoms with Crippen molar-refractivity contribution in [1.82, 2.24) is 9.55 Å². The zero-order valence-corrected chi connectivity index (χ0v) is 9.37. The van der Waals surface area contributed by atoms with Crippen LogP contribution in [0.5, 0.6) is 0 Å². The Kier molecular flexibility index (Phi) is 2.84. The molecule has 2 N–H and O–H groups in total. The average Bonchev–Trinajstić information content (AvgIpc) is 2.27. The zero-order valence-electron chi connectivity index (χ0n) is 8.56. The minimum atomic E-state index is -3.04. The van der Waals surface area contributed by atoms with Gasteiger partial charge in [0.1, 0.15) is 0 Å². The number of rotatable bonds is 3. The van der Waals surface area contributed by atoms with Crippen LogP contribution in [0.4, 0.5) is 5.95 Å². The minimum Gasteiger partial charge on any atom is -0.369 e. The lowest BCUT2D eigenvalue weighted by atomic mass is 10.3. The number of nitrogen functional groups attached to an aromatic ring is 1. The molecule has 5 nitrogen and oxygen atoms in total. The van der Waals surface area contributed by atoms with Gasteiger partial charge in [0.25, 0.3) is 0 Å². The quantitative estimate of drug-likeness (QED) is 0.803. The Labute approximate surface area is 83.9 Å². The highest BCUT2D eigenvalue weighted by molar-refractivity contribution is 7.89. The van der Waals surface area contributed by atoms with Crippen LogP contribution in [0, 0.1) is 0 Å². The van der Waals surface area contributed by atoms with E-state index in [4.69, 9.17) is 5.73 Å². The molecule has 0 aliphatic rings. The van der Waals surface area contributed by atoms with E-state index in [9.17, 15) is 8.42 Å². The Bertz CT molecular complexity index is 420. The van der Waals surface area contributed by atoms with Gasteiger partial charge in [-0.25, -0.2) is 13.4 Å². The number of hydrogen-bond donors (Lipinski definition) is 1. The van der Waals surface area contributed by atoms with Crippen LogP contribution in [0.1, 0.15) is 25.6 Å². The molecule has 0 saturated carbocycles. The van der Waals surface area contributed by atoms with Crippen LogP contribution in [0.15, 0.2) is 6.20 Å². The highest BCUT2D eigenvalue weighted by Crippen LogP contribution is 2.16. The van der Waals surface area contributed by atoms with Gasteiger partial charge in [-0.3, -0.25) is 0 Å². The van der Waals surface area contributed by atoms with Crippen molar-refractivity contribution in [2.45, 2.75) is 25.6 Å². The van der Waals surface area contributed by atoms with Gasteiger partial charge < -0.3 is 10.3 Å². The topological polar surface area (TPSA) is 78.0 Å². The third kappa shape index (κ3) is 2.47. The Morgan fingerprint density at radius 3 is 2.57 bits per heavy atom. The van der Waals surface area contributed by atoms with E-state index in [-0.39, 0.29) is 11.8 Å². The van der Waals surface area contributed by atoms with Crippen molar-refractivity contribution >= 4 is 15.8 Å². The van der Waals surface area contributed by atoms with E-state index in [1.807, 2.05) is 13.8 Å². The summed E-state index contributed by atoms with van der Waals surface area (Å²) >= 11 is 0. The molecule has 1 aromatic rings. The monoisotopic (exact) mass is 217 g/mol. The molecule has 0 spiro atoms. The summed E-state index contributed by atoms with van der Waals surface area (Å²) in [5.41, 5.74) is 6.26. The minimum absolute atomic E-state index is 0.0185. The van der Waals surface area contributed by atoms with Gasteiger partial charge in [-0.05, 0) is 13.8 Å². The van der Waals surface area contributed by atoms with E-state index in [0.29, 0.717) is 11.6 Å². The molecule has 0 saturated heterocycles. The number of sulfone groups is 1. The molecule has 1 rings (SSSR count). The summed E-state index contributed by atoms with van der Waals surface area (Å²) in [4.78, 5) is 3.90. The molecule has 0 aliphatic carbocycles. The van der Waals surface area contributed by atoms with Crippen molar-refractivity contribution in [3.8, 4) is 0 Å². The van der Waals surface area contributed by atoms with E-state index >= 15 is 0 Å². The summed E-state index contributed by atoms with van der Waals surface area (Å²) in [6.07, 6.45) is 2.71. The lowest BCUT2D eigenvalue weighted by molar-refractivity contribution is 0.578. The van der Waals surface area contributed by atoms with Crippen LogP contribution in [0.25, 0.3) is 0 Å². The molecule has 0 amide bonds. The first-order valence-electron chi connectivity index (χ1n) is 4.30. The highest BCUT2D eigenvalue weighted by Gasteiger charge is 2.14. The van der Waals surface area contributed by atoms with Crippen molar-refractivity contribution in [3.63, 3.8) is 0 Å². The standard InChI is InChI=1S/C8H15N3O2S/c1-6(2)11-7(4-10-8(11)9)5-14(3,12)13/h4,6H,5H2,1-3H3,(H2,9,10). The first-order chi connectivity index (χ1) is 6.31. The van der Waals surface area contributed by atoms with Crippen LogP contribution in [-0.2, 0) is 15.6 Å². The fourth-order valence-corrected chi connectivity index (χ4v) is 2.13. The van der Waals surface area contributed by atoms with Crippen molar-refractivity contribution < 1.29 is 8.42 Å². The second-order valence-corrected chi connectivity index (χ2v) is 5.78. The third-order valence-electron chi connectivity index (χ3n) is 1.83. The van der Waals surface area contributed by atoms with E-state index in [2.05, 4.69) is 4.98 Å². The average molecular weight is 217 g/mol. The Morgan fingerprint density at radius 1 is 1.57 bits per heavy atom. The van der Waals surface area contributed by atoms with E-state index in [1.165, 1.54) is 12.5 Å². The molecule has 80 valence electrons. The van der Waals surface area contributed by atoms with Crippen LogP contribution in [0.3, 0.4) is 0 Å². The van der Waals surface area contributed by atoms with Gasteiger partial charge in [0.05, 0.1) is 17.6 Å². The molecule has 0 aliphatic heterocycles. The van der Waals surface area contributed by atoms with Crippen LogP contribution in [0.2, 0.25) is 0 Å². The Hall–Kier alpha value is -1.04. The lowest BCUT2D eigenvalue weighted by Gasteiger charge is -2.12. The molecule has 1 aromatic heterocycles. The van der Waals surface area contributed by atoms with Gasteiger partial charge in [0.2, 0.25) is 5.95 Å². The number of nitrogens with two attached hydrogens (primary N) is 1. The van der Waals surface area contributed by atoms with Gasteiger partial charge in [-0.2, -0.15) is 0 Å². The van der Waals surface area contributed by atoms with Crippen molar-refractivity contribution in [3.05, 3.63) is 11.9 Å². The Balaban J connectivity index is 3.10. The molecule has 0 aromatic carbocycles. The molecule has 0 fully saturated rings. The van der Waals surface area contributed by atoms with Crippen LogP contribution >= 0.6 is 0 Å². The van der Waals surface area contributed by atoms with Crippen LogP contribution < -0.4 is 5.73 Å². The highest BCUT2D eigenvalue weighted by atomic mass is 32.2. The van der Waals surface area contributed by atoms with E-state index in [1.54, 1.807) is 4.57 Å². The van der Waals surface area contributed by atoms with Gasteiger partial charge in [0.15, 0.2) is 9.84 Å². The predicted molar refractivity (Wildman–Crippen MR) is 55.6 cm³/mol. The predicted octanol–water partition coefficient (Wildman–Crippen LogP) is 0.591. The number of anilines is 1. The Morgan fingerprint density at radius 2 is 2.14 bits per heavy atom. The zero-order chi connectivity index (χ0) is 10.9. The first kappa shape index (κ1) is 11.0. The molecular formula is C8H15N3O2S. The van der Waals surface area contributed by atoms with E-state index in [0.717, 1.165) is 0 Å². The van der Waals surface area contributed by atoms with Gasteiger partial charge in [-0.1, -0.05) is 0 Å². The number of aromatic nitrogens is 2. The SMILES string of the molecule is CC(C)n1c(CS(C)(=O)=O)cnc1N. The summed E-state index contributed by atoms with van der Waals surface area (Å²) in [5, 5.41) is 0. The summed E-state index contributed by atoms with van der Waals surface area (Å²) in [5.74, 6) is 0.341. The van der Waals surface area contributed by atoms with Gasteiger partial charge in [-0.15, -0.1) is 0 Å². The lowest BCUT2D eigenvalue weighted by Crippen LogP contribution is -2.12. The number of nitrogens with zero attached hydrogens (tertiary/aromatic N) is 2. The normalized spacial score (nSPS) is 12.3. The van der Waals surface area contributed by atoms with Gasteiger partial charge >= 0.3 is 0 Å². The maximum atomic E-state index is 11.1. The largest absolute Gasteiger partial charge is 0.369 e. The molecule has 6 heteroatoms. The van der Waals surface area contributed by atoms with Crippen molar-refractivity contribution in [1.29, 1.82) is 0 Å². The molecule has 14 heavy (non-hydrogen) atoms. The molecular weight excluding hydrogens is 202 g/mol. The van der Waals surface area contributed by atoms with Crippen LogP contribution in [-0.4, -0.2) is 24.2 Å². The molecule has 0 radical (unpaired) electrons. The summed E-state index contributed by atoms with van der Waals surface area (Å²) in [6, 6.07) is 0.120. The molecule has 0 atom stereocenters. The summed E-state index contributed by atoms with van der Waals surface area (Å²) < 4.78 is 23.9. The van der Waals surface area contributed by atoms with Crippen molar-refractivity contribution in [2.24, 2.45) is 0 Å². The smallest absolute Gasteiger partial charge is 0.200 e. The maximum Gasteiger partial charge on any atom is 0.200 e. The van der Waals surface area contributed by atoms with Gasteiger partial charge in [0, 0.05) is 12.3 Å². The molecule has 0 bridgehead atoms. The second kappa shape index (κ2) is 3.61. The number of hydrogen-bond acceptors (Lipinski definition) is 4. The fraction of sp³-hybridized carbons (Fsp3) is 0.625. The summed E-state index contributed by atoms with van der Waals surface area (Å²) in [6.45, 7) is 3.87. The maximum absolute atomic E-state index is 11.1. The summed E-state index contributed by atoms with van der Waals surface area (Å²) in [7, 11) is -3.04. The van der Waals surface area contributed by atoms with Crippen molar-refractivity contribution in [2.75, 3.05) is 12.0 Å². The van der Waals surface area contributed by atoms with E-state index < -0.39 is 9.84 Å². The molecule has 1 heterocycles. The first-order valence-corrected chi connectivity index (χ1v) is 6.36. The second-order valence-electron chi connectivity index (χ2n) is 3.64. The molecule has 0 unspecified atom stereocenters.